The second-order valence-electron chi connectivity index (χ2n) is 9.01. The lowest BCUT2D eigenvalue weighted by molar-refractivity contribution is -0.146. The monoisotopic (exact) mass is 371 g/mol. The number of ether oxygens (including phenoxy) is 2. The maximum atomic E-state index is 12.4. The zero-order chi connectivity index (χ0) is 18.9. The van der Waals surface area contributed by atoms with E-state index in [1.165, 1.54) is 17.7 Å². The van der Waals surface area contributed by atoms with Gasteiger partial charge in [0.1, 0.15) is 12.2 Å². The van der Waals surface area contributed by atoms with Crippen LogP contribution < -0.4 is 0 Å². The summed E-state index contributed by atoms with van der Waals surface area (Å²) in [6, 6.07) is 2.26. The number of cyclic esters (lactones) is 1. The molecule has 0 spiro atoms. The molecule has 27 heavy (non-hydrogen) atoms. The summed E-state index contributed by atoms with van der Waals surface area (Å²) in [4.78, 5) is 24.5. The van der Waals surface area contributed by atoms with Crippen molar-refractivity contribution < 1.29 is 19.1 Å². The van der Waals surface area contributed by atoms with E-state index in [1.807, 2.05) is 13.8 Å². The molecule has 2 fully saturated rings. The fourth-order valence-electron chi connectivity index (χ4n) is 6.19. The number of carbonyl (C=O) groups excluding carboxylic acids is 2. The molecule has 0 saturated carbocycles. The van der Waals surface area contributed by atoms with Crippen LogP contribution >= 0.6 is 0 Å². The van der Waals surface area contributed by atoms with Crippen LogP contribution in [-0.2, 0) is 25.6 Å². The maximum absolute atomic E-state index is 12.4. The molecule has 146 valence electrons. The lowest BCUT2D eigenvalue weighted by Gasteiger charge is -2.39. The number of fused-ring (bicyclic) bond motifs is 2. The summed E-state index contributed by atoms with van der Waals surface area (Å²) in [5.74, 6) is 0.690. The zero-order valence-corrected chi connectivity index (χ0v) is 16.4. The van der Waals surface area contributed by atoms with Gasteiger partial charge in [0.25, 0.3) is 0 Å². The average molecular weight is 371 g/mol. The van der Waals surface area contributed by atoms with Gasteiger partial charge in [0.15, 0.2) is 0 Å². The minimum Gasteiger partial charge on any atom is -0.461 e. The molecule has 1 aromatic heterocycles. The van der Waals surface area contributed by atoms with Crippen LogP contribution in [0.3, 0.4) is 0 Å². The molecule has 1 aliphatic carbocycles. The highest BCUT2D eigenvalue weighted by molar-refractivity contribution is 5.77. The topological polar surface area (TPSA) is 57.5 Å². The standard InChI is InChI=1S/C22H29NO4/c1-4-13-14-7-5-6-8-23-16(17-9-11(2)21(24)26-17)10-15(19(14)23)18-12(3)22(25)27-20(13)18/h10-14,17-18,20H,4-9H2,1-3H3/t11-,12+,13+,14+,17-,18+,20+/m0/s1. The third-order valence-electron chi connectivity index (χ3n) is 7.54. The highest BCUT2D eigenvalue weighted by Crippen LogP contribution is 2.55. The van der Waals surface area contributed by atoms with Crippen molar-refractivity contribution >= 4 is 11.9 Å². The van der Waals surface area contributed by atoms with Crippen LogP contribution in [0.25, 0.3) is 0 Å². The molecule has 3 aliphatic heterocycles. The molecule has 1 aromatic rings. The molecule has 7 atom stereocenters. The van der Waals surface area contributed by atoms with Crippen LogP contribution in [0.5, 0.6) is 0 Å². The van der Waals surface area contributed by atoms with Crippen molar-refractivity contribution in [2.45, 2.75) is 83.5 Å². The predicted molar refractivity (Wildman–Crippen MR) is 99.2 cm³/mol. The van der Waals surface area contributed by atoms with Gasteiger partial charge in [-0.1, -0.05) is 27.2 Å². The average Bonchev–Trinajstić information content (AvgIpc) is 3.20. The van der Waals surface area contributed by atoms with Crippen LogP contribution in [0.1, 0.15) is 87.8 Å². The number of rotatable bonds is 2. The van der Waals surface area contributed by atoms with Crippen molar-refractivity contribution in [3.05, 3.63) is 23.0 Å². The molecule has 0 N–H and O–H groups in total. The van der Waals surface area contributed by atoms with Gasteiger partial charge in [-0.05, 0) is 30.9 Å². The van der Waals surface area contributed by atoms with Gasteiger partial charge in [0.2, 0.25) is 0 Å². The zero-order valence-electron chi connectivity index (χ0n) is 16.4. The normalized spacial score (nSPS) is 40.2. The summed E-state index contributed by atoms with van der Waals surface area (Å²) in [5.41, 5.74) is 3.85. The van der Waals surface area contributed by atoms with E-state index in [-0.39, 0.29) is 41.9 Å². The summed E-state index contributed by atoms with van der Waals surface area (Å²) in [7, 11) is 0. The summed E-state index contributed by atoms with van der Waals surface area (Å²) >= 11 is 0. The molecule has 5 rings (SSSR count). The molecule has 4 aliphatic rings. The van der Waals surface area contributed by atoms with E-state index in [2.05, 4.69) is 17.6 Å². The Hall–Kier alpha value is -1.78. The van der Waals surface area contributed by atoms with Crippen LogP contribution in [0.4, 0.5) is 0 Å². The van der Waals surface area contributed by atoms with E-state index in [4.69, 9.17) is 9.47 Å². The van der Waals surface area contributed by atoms with Crippen LogP contribution in [0, 0.1) is 17.8 Å². The van der Waals surface area contributed by atoms with Gasteiger partial charge in [-0.25, -0.2) is 0 Å². The van der Waals surface area contributed by atoms with Crippen LogP contribution in [0.15, 0.2) is 6.07 Å². The van der Waals surface area contributed by atoms with Gasteiger partial charge >= 0.3 is 11.9 Å². The molecule has 0 aromatic carbocycles. The first-order valence-corrected chi connectivity index (χ1v) is 10.7. The molecule has 0 unspecified atom stereocenters. The lowest BCUT2D eigenvalue weighted by atomic mass is 9.66. The number of hydrogen-bond donors (Lipinski definition) is 0. The Balaban J connectivity index is 1.67. The van der Waals surface area contributed by atoms with Gasteiger partial charge < -0.3 is 14.0 Å². The first-order chi connectivity index (χ1) is 13.0. The number of aromatic nitrogens is 1. The van der Waals surface area contributed by atoms with Gasteiger partial charge in [0.05, 0.1) is 17.5 Å². The maximum Gasteiger partial charge on any atom is 0.309 e. The quantitative estimate of drug-likeness (QED) is 0.736. The Bertz CT molecular complexity index is 796. The number of nitrogens with zero attached hydrogens (tertiary/aromatic N) is 1. The van der Waals surface area contributed by atoms with Crippen LogP contribution in [0.2, 0.25) is 0 Å². The summed E-state index contributed by atoms with van der Waals surface area (Å²) in [5, 5.41) is 0. The highest BCUT2D eigenvalue weighted by atomic mass is 16.6. The fraction of sp³-hybridized carbons (Fsp3) is 0.727. The fourth-order valence-corrected chi connectivity index (χ4v) is 6.19. The summed E-state index contributed by atoms with van der Waals surface area (Å²) < 4.78 is 14.1. The van der Waals surface area contributed by atoms with Crippen molar-refractivity contribution in [1.82, 2.24) is 4.57 Å². The molecule has 0 radical (unpaired) electrons. The van der Waals surface area contributed by atoms with Crippen molar-refractivity contribution in [2.24, 2.45) is 17.8 Å². The van der Waals surface area contributed by atoms with Crippen molar-refractivity contribution in [3.63, 3.8) is 0 Å². The van der Waals surface area contributed by atoms with Crippen LogP contribution in [-0.4, -0.2) is 22.6 Å². The SMILES string of the molecule is CC[C@H]1[C@H]2OC(=O)[C@H](C)[C@@H]2c2cc([C@@H]3C[C@H](C)C(=O)O3)n3c2[C@@H]1CCCC3. The van der Waals surface area contributed by atoms with Crippen molar-refractivity contribution in [1.29, 1.82) is 0 Å². The largest absolute Gasteiger partial charge is 0.461 e. The molecule has 2 saturated heterocycles. The van der Waals surface area contributed by atoms with Gasteiger partial charge in [-0.15, -0.1) is 0 Å². The Morgan fingerprint density at radius 1 is 1.15 bits per heavy atom. The van der Waals surface area contributed by atoms with Gasteiger partial charge in [0, 0.05) is 36.4 Å². The number of esters is 2. The molecule has 4 heterocycles. The van der Waals surface area contributed by atoms with E-state index >= 15 is 0 Å². The van der Waals surface area contributed by atoms with E-state index < -0.39 is 0 Å². The van der Waals surface area contributed by atoms with E-state index in [1.54, 1.807) is 0 Å². The molecule has 0 amide bonds. The molecule has 5 nitrogen and oxygen atoms in total. The lowest BCUT2D eigenvalue weighted by Crippen LogP contribution is -2.36. The molecule has 5 heteroatoms. The predicted octanol–water partition coefficient (Wildman–Crippen LogP) is 4.06. The minimum absolute atomic E-state index is 0.00171. The van der Waals surface area contributed by atoms with Gasteiger partial charge in [-0.2, -0.15) is 0 Å². The smallest absolute Gasteiger partial charge is 0.309 e. The third-order valence-corrected chi connectivity index (χ3v) is 7.54. The highest BCUT2D eigenvalue weighted by Gasteiger charge is 2.54. The van der Waals surface area contributed by atoms with E-state index in [0.717, 1.165) is 37.9 Å². The van der Waals surface area contributed by atoms with Crippen molar-refractivity contribution in [2.75, 3.05) is 0 Å². The minimum atomic E-state index is -0.149. The summed E-state index contributed by atoms with van der Waals surface area (Å²) in [6.45, 7) is 7.17. The Morgan fingerprint density at radius 2 is 1.96 bits per heavy atom. The second-order valence-corrected chi connectivity index (χ2v) is 9.01. The van der Waals surface area contributed by atoms with E-state index in [0.29, 0.717) is 11.8 Å². The summed E-state index contributed by atoms with van der Waals surface area (Å²) in [6.07, 6.45) is 5.14. The Labute approximate surface area is 160 Å². The van der Waals surface area contributed by atoms with Gasteiger partial charge in [-0.3, -0.25) is 9.59 Å². The Kier molecular flexibility index (Phi) is 3.92. The molecule has 0 bridgehead atoms. The third kappa shape index (κ3) is 2.36. The molecular formula is C22H29NO4. The first-order valence-electron chi connectivity index (χ1n) is 10.7. The van der Waals surface area contributed by atoms with E-state index in [9.17, 15) is 9.59 Å². The first kappa shape index (κ1) is 17.3. The van der Waals surface area contributed by atoms with Crippen molar-refractivity contribution in [3.8, 4) is 0 Å². The second kappa shape index (κ2) is 6.11. The number of carbonyl (C=O) groups is 2. The molecular weight excluding hydrogens is 342 g/mol. The number of hydrogen-bond acceptors (Lipinski definition) is 4. The Morgan fingerprint density at radius 3 is 2.67 bits per heavy atom.